The molecule has 0 heterocycles. The Hall–Kier alpha value is -1.30. The molecule has 0 spiro atoms. The van der Waals surface area contributed by atoms with Crippen molar-refractivity contribution < 1.29 is 19.4 Å². The molecule has 0 aliphatic heterocycles. The van der Waals surface area contributed by atoms with E-state index in [2.05, 4.69) is 10.6 Å². The van der Waals surface area contributed by atoms with Gasteiger partial charge in [0.2, 0.25) is 0 Å². The standard InChI is InChI=1S/C12H24N2O4/c1-4-5-10(8-11(15)16)14-12(17)13-9(2)6-7-18-3/h9-10H,4-8H2,1-3H3,(H,15,16)(H2,13,14,17). The number of hydrogen-bond acceptors (Lipinski definition) is 3. The average Bonchev–Trinajstić information content (AvgIpc) is 2.25. The lowest BCUT2D eigenvalue weighted by Gasteiger charge is -2.19. The number of urea groups is 1. The van der Waals surface area contributed by atoms with Crippen molar-refractivity contribution in [3.05, 3.63) is 0 Å². The van der Waals surface area contributed by atoms with Gasteiger partial charge in [-0.25, -0.2) is 4.79 Å². The summed E-state index contributed by atoms with van der Waals surface area (Å²) in [5.41, 5.74) is 0. The minimum Gasteiger partial charge on any atom is -0.481 e. The summed E-state index contributed by atoms with van der Waals surface area (Å²) < 4.78 is 4.92. The molecule has 0 aliphatic rings. The van der Waals surface area contributed by atoms with Crippen molar-refractivity contribution in [3.8, 4) is 0 Å². The lowest BCUT2D eigenvalue weighted by atomic mass is 10.1. The van der Waals surface area contributed by atoms with Crippen LogP contribution in [0.1, 0.15) is 39.5 Å². The van der Waals surface area contributed by atoms with Crippen molar-refractivity contribution in [1.29, 1.82) is 0 Å². The zero-order chi connectivity index (χ0) is 14.0. The molecule has 0 saturated heterocycles. The molecule has 0 rings (SSSR count). The number of methoxy groups -OCH3 is 1. The third-order valence-corrected chi connectivity index (χ3v) is 2.53. The highest BCUT2D eigenvalue weighted by Crippen LogP contribution is 2.02. The molecule has 3 N–H and O–H groups in total. The molecule has 18 heavy (non-hydrogen) atoms. The van der Waals surface area contributed by atoms with Crippen molar-refractivity contribution in [2.24, 2.45) is 0 Å². The number of carboxylic acids is 1. The summed E-state index contributed by atoms with van der Waals surface area (Å²) >= 11 is 0. The third kappa shape index (κ3) is 8.81. The van der Waals surface area contributed by atoms with E-state index in [1.165, 1.54) is 0 Å². The SMILES string of the molecule is CCCC(CC(=O)O)NC(=O)NC(C)CCOC. The van der Waals surface area contributed by atoms with Gasteiger partial charge in [-0.05, 0) is 19.8 Å². The minimum atomic E-state index is -0.902. The van der Waals surface area contributed by atoms with Crippen LogP contribution in [0.2, 0.25) is 0 Å². The maximum absolute atomic E-state index is 11.6. The minimum absolute atomic E-state index is 0.00273. The molecule has 0 saturated carbocycles. The largest absolute Gasteiger partial charge is 0.481 e. The fraction of sp³-hybridized carbons (Fsp3) is 0.833. The Kier molecular flexibility index (Phi) is 9.00. The summed E-state index contributed by atoms with van der Waals surface area (Å²) in [4.78, 5) is 22.3. The van der Waals surface area contributed by atoms with Gasteiger partial charge in [-0.2, -0.15) is 0 Å². The van der Waals surface area contributed by atoms with E-state index in [-0.39, 0.29) is 24.5 Å². The predicted molar refractivity (Wildman–Crippen MR) is 68.6 cm³/mol. The van der Waals surface area contributed by atoms with Gasteiger partial charge < -0.3 is 20.5 Å². The van der Waals surface area contributed by atoms with Crippen molar-refractivity contribution >= 4 is 12.0 Å². The highest BCUT2D eigenvalue weighted by atomic mass is 16.5. The molecule has 106 valence electrons. The maximum Gasteiger partial charge on any atom is 0.315 e. The Bertz CT molecular complexity index is 258. The van der Waals surface area contributed by atoms with Crippen LogP contribution < -0.4 is 10.6 Å². The summed E-state index contributed by atoms with van der Waals surface area (Å²) in [5, 5.41) is 14.2. The van der Waals surface area contributed by atoms with Crippen LogP contribution in [0.5, 0.6) is 0 Å². The number of ether oxygens (including phenoxy) is 1. The van der Waals surface area contributed by atoms with E-state index in [0.29, 0.717) is 13.0 Å². The second kappa shape index (κ2) is 9.70. The second-order valence-corrected chi connectivity index (χ2v) is 4.38. The molecule has 0 fully saturated rings. The number of carbonyl (C=O) groups excluding carboxylic acids is 1. The zero-order valence-corrected chi connectivity index (χ0v) is 11.4. The fourth-order valence-corrected chi connectivity index (χ4v) is 1.60. The number of rotatable bonds is 9. The van der Waals surface area contributed by atoms with Crippen LogP contribution in [0.3, 0.4) is 0 Å². The molecule has 0 aromatic heterocycles. The molecule has 2 unspecified atom stereocenters. The van der Waals surface area contributed by atoms with Crippen LogP contribution in [0.15, 0.2) is 0 Å². The molecular weight excluding hydrogens is 236 g/mol. The highest BCUT2D eigenvalue weighted by Gasteiger charge is 2.16. The Morgan fingerprint density at radius 2 is 1.94 bits per heavy atom. The number of hydrogen-bond donors (Lipinski definition) is 3. The molecule has 6 nitrogen and oxygen atoms in total. The van der Waals surface area contributed by atoms with Gasteiger partial charge in [0, 0.05) is 25.8 Å². The van der Waals surface area contributed by atoms with E-state index in [0.717, 1.165) is 12.8 Å². The van der Waals surface area contributed by atoms with Crippen molar-refractivity contribution in [2.45, 2.75) is 51.6 Å². The lowest BCUT2D eigenvalue weighted by Crippen LogP contribution is -2.46. The molecule has 0 aliphatic carbocycles. The Balaban J connectivity index is 4.03. The van der Waals surface area contributed by atoms with Gasteiger partial charge in [-0.1, -0.05) is 13.3 Å². The summed E-state index contributed by atoms with van der Waals surface area (Å²) in [5.74, 6) is -0.902. The molecule has 0 radical (unpaired) electrons. The second-order valence-electron chi connectivity index (χ2n) is 4.38. The quantitative estimate of drug-likeness (QED) is 0.584. The Morgan fingerprint density at radius 1 is 1.28 bits per heavy atom. The Morgan fingerprint density at radius 3 is 2.44 bits per heavy atom. The maximum atomic E-state index is 11.6. The smallest absolute Gasteiger partial charge is 0.315 e. The van der Waals surface area contributed by atoms with Crippen LogP contribution in [-0.4, -0.2) is 42.9 Å². The predicted octanol–water partition coefficient (Wildman–Crippen LogP) is 1.35. The van der Waals surface area contributed by atoms with Gasteiger partial charge >= 0.3 is 12.0 Å². The van der Waals surface area contributed by atoms with E-state index in [9.17, 15) is 9.59 Å². The monoisotopic (exact) mass is 260 g/mol. The first-order chi connectivity index (χ1) is 8.49. The van der Waals surface area contributed by atoms with Crippen molar-refractivity contribution in [1.82, 2.24) is 10.6 Å². The van der Waals surface area contributed by atoms with Crippen LogP contribution in [-0.2, 0) is 9.53 Å². The highest BCUT2D eigenvalue weighted by molar-refractivity contribution is 5.75. The molecule has 2 atom stereocenters. The first-order valence-corrected chi connectivity index (χ1v) is 6.27. The van der Waals surface area contributed by atoms with E-state index in [1.54, 1.807) is 7.11 Å². The van der Waals surface area contributed by atoms with Gasteiger partial charge in [0.1, 0.15) is 0 Å². The Labute approximate surface area is 108 Å². The summed E-state index contributed by atoms with van der Waals surface area (Å²) in [6.45, 7) is 4.41. The summed E-state index contributed by atoms with van der Waals surface area (Å²) in [6.07, 6.45) is 2.17. The average molecular weight is 260 g/mol. The number of aliphatic carboxylic acids is 1. The van der Waals surface area contributed by atoms with Crippen LogP contribution in [0.4, 0.5) is 4.79 Å². The van der Waals surface area contributed by atoms with Gasteiger partial charge in [0.05, 0.1) is 6.42 Å². The van der Waals surface area contributed by atoms with E-state index < -0.39 is 5.97 Å². The molecule has 6 heteroatoms. The number of carbonyl (C=O) groups is 2. The lowest BCUT2D eigenvalue weighted by molar-refractivity contribution is -0.137. The summed E-state index contributed by atoms with van der Waals surface area (Å²) in [7, 11) is 1.61. The van der Waals surface area contributed by atoms with Crippen LogP contribution in [0.25, 0.3) is 0 Å². The first-order valence-electron chi connectivity index (χ1n) is 6.27. The number of carboxylic acid groups (broad SMARTS) is 1. The van der Waals surface area contributed by atoms with Crippen molar-refractivity contribution in [3.63, 3.8) is 0 Å². The molecule has 0 aromatic carbocycles. The first kappa shape index (κ1) is 16.7. The van der Waals surface area contributed by atoms with Gasteiger partial charge in [-0.3, -0.25) is 4.79 Å². The third-order valence-electron chi connectivity index (χ3n) is 2.53. The van der Waals surface area contributed by atoms with Crippen molar-refractivity contribution in [2.75, 3.05) is 13.7 Å². The summed E-state index contributed by atoms with van der Waals surface area (Å²) in [6, 6.07) is -0.641. The van der Waals surface area contributed by atoms with Crippen LogP contribution >= 0.6 is 0 Å². The van der Waals surface area contributed by atoms with E-state index >= 15 is 0 Å². The molecule has 0 aromatic rings. The van der Waals surface area contributed by atoms with E-state index in [1.807, 2.05) is 13.8 Å². The molecule has 2 amide bonds. The molecular formula is C12H24N2O4. The number of amides is 2. The van der Waals surface area contributed by atoms with Crippen LogP contribution in [0, 0.1) is 0 Å². The van der Waals surface area contributed by atoms with E-state index in [4.69, 9.17) is 9.84 Å². The fourth-order valence-electron chi connectivity index (χ4n) is 1.60. The van der Waals surface area contributed by atoms with Gasteiger partial charge in [0.15, 0.2) is 0 Å². The topological polar surface area (TPSA) is 87.7 Å². The van der Waals surface area contributed by atoms with Gasteiger partial charge in [-0.15, -0.1) is 0 Å². The zero-order valence-electron chi connectivity index (χ0n) is 11.4. The number of nitrogens with one attached hydrogen (secondary N) is 2. The normalized spacial score (nSPS) is 13.7. The molecule has 0 bridgehead atoms. The van der Waals surface area contributed by atoms with Gasteiger partial charge in [0.25, 0.3) is 0 Å².